The molecule has 1 fully saturated rings. The van der Waals surface area contributed by atoms with Crippen molar-refractivity contribution in [2.45, 2.75) is 29.7 Å². The molecule has 1 aliphatic rings. The molecule has 0 amide bonds. The van der Waals surface area contributed by atoms with Gasteiger partial charge in [-0.15, -0.1) is 5.10 Å². The number of aromatic amines is 2. The molecule has 1 aliphatic carbocycles. The minimum absolute atomic E-state index is 0.216. The smallest absolute Gasteiger partial charge is 0.284 e. The first kappa shape index (κ1) is 6.97. The Balaban J connectivity index is 2.00. The molecule has 0 atom stereocenters. The molecular weight excluding hydrogens is 162 g/mol. The zero-order valence-electron chi connectivity index (χ0n) is 5.96. The van der Waals surface area contributed by atoms with Gasteiger partial charge < -0.3 is 0 Å². The van der Waals surface area contributed by atoms with Crippen LogP contribution in [0.1, 0.15) is 19.3 Å². The molecule has 1 saturated carbocycles. The van der Waals surface area contributed by atoms with Crippen molar-refractivity contribution in [3.63, 3.8) is 0 Å². The molecule has 0 aromatic carbocycles. The Kier molecular flexibility index (Phi) is 1.73. The Bertz CT molecular complexity index is 288. The van der Waals surface area contributed by atoms with E-state index in [-0.39, 0.29) is 5.69 Å². The molecule has 0 aliphatic heterocycles. The highest BCUT2D eigenvalue weighted by Gasteiger charge is 2.19. The summed E-state index contributed by atoms with van der Waals surface area (Å²) in [5.74, 6) is 0. The van der Waals surface area contributed by atoms with Crippen LogP contribution in [0.4, 0.5) is 0 Å². The predicted octanol–water partition coefficient (Wildman–Crippen LogP) is 0.743. The van der Waals surface area contributed by atoms with Crippen molar-refractivity contribution in [2.24, 2.45) is 0 Å². The van der Waals surface area contributed by atoms with Crippen LogP contribution in [-0.2, 0) is 0 Å². The average Bonchev–Trinajstić information content (AvgIpc) is 2.27. The first-order chi connectivity index (χ1) is 5.34. The summed E-state index contributed by atoms with van der Waals surface area (Å²) in [5, 5.41) is 7.54. The van der Waals surface area contributed by atoms with E-state index in [0.29, 0.717) is 5.25 Å². The predicted molar refractivity (Wildman–Crippen MR) is 42.7 cm³/mol. The number of hydrogen-bond acceptors (Lipinski definition) is 3. The number of H-pyrrole nitrogens is 2. The second-order valence-corrected chi connectivity index (χ2v) is 3.94. The highest BCUT2D eigenvalue weighted by atomic mass is 32.2. The van der Waals surface area contributed by atoms with Gasteiger partial charge in [-0.25, -0.2) is 9.89 Å². The van der Waals surface area contributed by atoms with Gasteiger partial charge in [-0.3, -0.25) is 4.98 Å². The van der Waals surface area contributed by atoms with E-state index in [1.54, 1.807) is 11.8 Å². The van der Waals surface area contributed by atoms with Crippen molar-refractivity contribution < 1.29 is 0 Å². The van der Waals surface area contributed by atoms with Crippen LogP contribution in [0.15, 0.2) is 9.95 Å². The highest BCUT2D eigenvalue weighted by Crippen LogP contribution is 2.33. The average molecular weight is 171 g/mol. The molecule has 0 radical (unpaired) electrons. The molecule has 2 rings (SSSR count). The van der Waals surface area contributed by atoms with Crippen LogP contribution in [0.5, 0.6) is 0 Å². The second-order valence-electron chi connectivity index (χ2n) is 2.65. The summed E-state index contributed by atoms with van der Waals surface area (Å²) in [6, 6.07) is 0. The fourth-order valence-electron chi connectivity index (χ4n) is 0.957. The Morgan fingerprint density at radius 3 is 2.82 bits per heavy atom. The Labute approximate surface area is 67.8 Å². The van der Waals surface area contributed by atoms with Crippen LogP contribution < -0.4 is 5.69 Å². The van der Waals surface area contributed by atoms with Gasteiger partial charge in [0.05, 0.1) is 0 Å². The lowest BCUT2D eigenvalue weighted by Crippen LogP contribution is -2.13. The summed E-state index contributed by atoms with van der Waals surface area (Å²) >= 11 is 1.65. The van der Waals surface area contributed by atoms with Gasteiger partial charge in [-0.05, 0) is 12.8 Å². The van der Waals surface area contributed by atoms with E-state index in [2.05, 4.69) is 15.2 Å². The van der Waals surface area contributed by atoms with Gasteiger partial charge >= 0.3 is 5.69 Å². The lowest BCUT2D eigenvalue weighted by Gasteiger charge is -2.22. The van der Waals surface area contributed by atoms with Crippen molar-refractivity contribution in [2.75, 3.05) is 0 Å². The molecule has 2 N–H and O–H groups in total. The molecule has 5 heteroatoms. The maximum Gasteiger partial charge on any atom is 0.341 e. The number of thioether (sulfide) groups is 1. The van der Waals surface area contributed by atoms with Gasteiger partial charge in [0.2, 0.25) is 0 Å². The summed E-state index contributed by atoms with van der Waals surface area (Å²) < 4.78 is 0. The van der Waals surface area contributed by atoms with Gasteiger partial charge in [0, 0.05) is 5.25 Å². The van der Waals surface area contributed by atoms with Crippen LogP contribution in [0.25, 0.3) is 0 Å². The lowest BCUT2D eigenvalue weighted by molar-refractivity contribution is 0.521. The van der Waals surface area contributed by atoms with Crippen molar-refractivity contribution in [3.05, 3.63) is 10.5 Å². The molecule has 0 spiro atoms. The molecule has 0 saturated heterocycles. The third-order valence-corrected chi connectivity index (χ3v) is 3.03. The fourth-order valence-corrected chi connectivity index (χ4v) is 2.09. The summed E-state index contributed by atoms with van der Waals surface area (Å²) in [7, 11) is 0. The Morgan fingerprint density at radius 2 is 2.36 bits per heavy atom. The van der Waals surface area contributed by atoms with Crippen LogP contribution >= 0.6 is 11.8 Å². The first-order valence-electron chi connectivity index (χ1n) is 3.66. The van der Waals surface area contributed by atoms with E-state index in [4.69, 9.17) is 0 Å². The monoisotopic (exact) mass is 171 g/mol. The van der Waals surface area contributed by atoms with Crippen molar-refractivity contribution in [3.8, 4) is 0 Å². The summed E-state index contributed by atoms with van der Waals surface area (Å²) in [5.41, 5.74) is -0.216. The largest absolute Gasteiger partial charge is 0.341 e. The highest BCUT2D eigenvalue weighted by molar-refractivity contribution is 7.99. The molecule has 4 nitrogen and oxygen atoms in total. The maximum atomic E-state index is 10.6. The summed E-state index contributed by atoms with van der Waals surface area (Å²) in [6.07, 6.45) is 3.81. The molecule has 1 aromatic rings. The molecule has 1 aromatic heterocycles. The number of rotatable bonds is 2. The quantitative estimate of drug-likeness (QED) is 0.690. The third-order valence-electron chi connectivity index (χ3n) is 1.81. The van der Waals surface area contributed by atoms with Crippen LogP contribution in [0.3, 0.4) is 0 Å². The van der Waals surface area contributed by atoms with Crippen molar-refractivity contribution in [1.82, 2.24) is 15.2 Å². The molecule has 0 unspecified atom stereocenters. The standard InChI is InChI=1S/C6H9N3OS/c10-5-7-6(9-8-5)11-4-2-1-3-4/h4H,1-3H2,(H2,7,8,9,10). The minimum Gasteiger partial charge on any atom is -0.284 e. The number of hydrogen-bond donors (Lipinski definition) is 2. The third kappa shape index (κ3) is 1.48. The van der Waals surface area contributed by atoms with Crippen LogP contribution in [0, 0.1) is 0 Å². The lowest BCUT2D eigenvalue weighted by atomic mass is 10.0. The van der Waals surface area contributed by atoms with Crippen LogP contribution in [-0.4, -0.2) is 20.4 Å². The Morgan fingerprint density at radius 1 is 1.55 bits per heavy atom. The van der Waals surface area contributed by atoms with E-state index < -0.39 is 0 Å². The van der Waals surface area contributed by atoms with Crippen LogP contribution in [0.2, 0.25) is 0 Å². The van der Waals surface area contributed by atoms with E-state index in [0.717, 1.165) is 5.16 Å². The SMILES string of the molecule is O=c1[nH]nc(SC2CCC2)[nH]1. The molecular formula is C6H9N3OS. The zero-order chi connectivity index (χ0) is 7.68. The molecule has 60 valence electrons. The number of nitrogens with one attached hydrogen (secondary N) is 2. The molecule has 11 heavy (non-hydrogen) atoms. The normalized spacial score (nSPS) is 18.2. The molecule has 0 bridgehead atoms. The van der Waals surface area contributed by atoms with E-state index >= 15 is 0 Å². The topological polar surface area (TPSA) is 61.5 Å². The number of aromatic nitrogens is 3. The van der Waals surface area contributed by atoms with E-state index in [1.807, 2.05) is 0 Å². The van der Waals surface area contributed by atoms with Gasteiger partial charge in [0.1, 0.15) is 0 Å². The fraction of sp³-hybridized carbons (Fsp3) is 0.667. The van der Waals surface area contributed by atoms with E-state index in [9.17, 15) is 4.79 Å². The Hall–Kier alpha value is -0.710. The van der Waals surface area contributed by atoms with Gasteiger partial charge in [0.15, 0.2) is 5.16 Å². The number of nitrogens with zero attached hydrogens (tertiary/aromatic N) is 1. The molecule has 1 heterocycles. The van der Waals surface area contributed by atoms with E-state index in [1.165, 1.54) is 19.3 Å². The second kappa shape index (κ2) is 2.73. The van der Waals surface area contributed by atoms with Gasteiger partial charge in [-0.2, -0.15) is 0 Å². The first-order valence-corrected chi connectivity index (χ1v) is 4.54. The van der Waals surface area contributed by atoms with Gasteiger partial charge in [0.25, 0.3) is 0 Å². The van der Waals surface area contributed by atoms with Crippen molar-refractivity contribution >= 4 is 11.8 Å². The maximum absolute atomic E-state index is 10.6. The summed E-state index contributed by atoms with van der Waals surface area (Å²) in [6.45, 7) is 0. The van der Waals surface area contributed by atoms with Gasteiger partial charge in [-0.1, -0.05) is 18.2 Å². The minimum atomic E-state index is -0.216. The van der Waals surface area contributed by atoms with Crippen molar-refractivity contribution in [1.29, 1.82) is 0 Å². The summed E-state index contributed by atoms with van der Waals surface area (Å²) in [4.78, 5) is 13.2. The zero-order valence-corrected chi connectivity index (χ0v) is 6.78.